The summed E-state index contributed by atoms with van der Waals surface area (Å²) in [5.74, 6) is -0.635. The Hall–Kier alpha value is -2.41. The molecule has 0 saturated carbocycles. The van der Waals surface area contributed by atoms with Crippen LogP contribution in [0.4, 0.5) is 5.82 Å². The van der Waals surface area contributed by atoms with Gasteiger partial charge in [-0.25, -0.2) is 14.8 Å². The fourth-order valence-electron chi connectivity index (χ4n) is 1.98. The predicted octanol–water partition coefficient (Wildman–Crippen LogP) is 2.41. The summed E-state index contributed by atoms with van der Waals surface area (Å²) in [5.41, 5.74) is 3.47. The van der Waals surface area contributed by atoms with Crippen molar-refractivity contribution in [1.29, 1.82) is 0 Å². The van der Waals surface area contributed by atoms with Gasteiger partial charge in [-0.05, 0) is 19.1 Å². The lowest BCUT2D eigenvalue weighted by Gasteiger charge is -2.03. The second kappa shape index (κ2) is 4.93. The second-order valence-corrected chi connectivity index (χ2v) is 5.20. The van der Waals surface area contributed by atoms with Gasteiger partial charge in [0.2, 0.25) is 0 Å². The van der Waals surface area contributed by atoms with E-state index < -0.39 is 5.97 Å². The van der Waals surface area contributed by atoms with Crippen LogP contribution in [0, 0.1) is 6.92 Å². The van der Waals surface area contributed by atoms with Crippen molar-refractivity contribution in [2.24, 2.45) is 0 Å². The van der Waals surface area contributed by atoms with E-state index in [-0.39, 0.29) is 5.69 Å². The molecule has 0 atom stereocenters. The molecule has 3 heterocycles. The van der Waals surface area contributed by atoms with Crippen molar-refractivity contribution in [2.45, 2.75) is 13.5 Å². The Morgan fingerprint density at radius 1 is 1.50 bits per heavy atom. The molecule has 102 valence electrons. The van der Waals surface area contributed by atoms with E-state index in [1.807, 2.05) is 13.0 Å². The largest absolute Gasteiger partial charge is 0.476 e. The van der Waals surface area contributed by atoms with Gasteiger partial charge in [0.05, 0.1) is 17.7 Å². The molecule has 2 N–H and O–H groups in total. The van der Waals surface area contributed by atoms with Crippen LogP contribution in [0.2, 0.25) is 0 Å². The highest BCUT2D eigenvalue weighted by atomic mass is 32.1. The third-order valence-electron chi connectivity index (χ3n) is 2.99. The highest BCUT2D eigenvalue weighted by molar-refractivity contribution is 7.09. The maximum atomic E-state index is 11.4. The summed E-state index contributed by atoms with van der Waals surface area (Å²) in [5, 5.41) is 12.4. The number of hydrogen-bond donors (Lipinski definition) is 2. The first-order valence-electron chi connectivity index (χ1n) is 6.00. The molecule has 0 aliphatic heterocycles. The number of rotatable bonds is 4. The standard InChI is InChI=1S/C13H12N4O2S/c1-8-9(20-7-15-8)6-14-12-11(13(18)19)17-5-3-2-4-10(17)16-12/h2-5,7,14H,6H2,1H3,(H,18,19). The van der Waals surface area contributed by atoms with Crippen molar-refractivity contribution in [1.82, 2.24) is 14.4 Å². The Labute approximate surface area is 118 Å². The zero-order chi connectivity index (χ0) is 14.1. The van der Waals surface area contributed by atoms with Crippen LogP contribution < -0.4 is 5.32 Å². The van der Waals surface area contributed by atoms with Crippen molar-refractivity contribution < 1.29 is 9.90 Å². The van der Waals surface area contributed by atoms with Crippen molar-refractivity contribution in [3.8, 4) is 0 Å². The fraction of sp³-hybridized carbons (Fsp3) is 0.154. The number of nitrogens with zero attached hydrogens (tertiary/aromatic N) is 3. The molecule has 3 aromatic heterocycles. The van der Waals surface area contributed by atoms with Gasteiger partial charge in [0.25, 0.3) is 0 Å². The van der Waals surface area contributed by atoms with E-state index in [4.69, 9.17) is 0 Å². The Bertz CT molecular complexity index is 778. The molecule has 0 saturated heterocycles. The summed E-state index contributed by atoms with van der Waals surface area (Å²) in [4.78, 5) is 21.0. The van der Waals surface area contributed by atoms with Gasteiger partial charge in [-0.1, -0.05) is 6.07 Å². The lowest BCUT2D eigenvalue weighted by Crippen LogP contribution is -2.07. The average Bonchev–Trinajstić information content (AvgIpc) is 2.99. The molecule has 20 heavy (non-hydrogen) atoms. The normalized spacial score (nSPS) is 10.8. The van der Waals surface area contributed by atoms with E-state index in [1.165, 1.54) is 11.3 Å². The molecule has 6 nitrogen and oxygen atoms in total. The van der Waals surface area contributed by atoms with Crippen LogP contribution in [0.1, 0.15) is 21.1 Å². The molecule has 0 radical (unpaired) electrons. The van der Waals surface area contributed by atoms with Crippen LogP contribution in [-0.4, -0.2) is 25.4 Å². The van der Waals surface area contributed by atoms with Crippen LogP contribution in [0.5, 0.6) is 0 Å². The van der Waals surface area contributed by atoms with Crippen LogP contribution in [-0.2, 0) is 6.54 Å². The van der Waals surface area contributed by atoms with Gasteiger partial charge in [-0.2, -0.15) is 0 Å². The number of nitrogens with one attached hydrogen (secondary N) is 1. The van der Waals surface area contributed by atoms with E-state index >= 15 is 0 Å². The molecule has 0 fully saturated rings. The maximum absolute atomic E-state index is 11.4. The number of fused-ring (bicyclic) bond motifs is 1. The first-order valence-corrected chi connectivity index (χ1v) is 6.88. The summed E-state index contributed by atoms with van der Waals surface area (Å²) in [7, 11) is 0. The number of pyridine rings is 1. The Balaban J connectivity index is 1.96. The number of anilines is 1. The number of imidazole rings is 1. The molecule has 3 rings (SSSR count). The monoisotopic (exact) mass is 288 g/mol. The number of carboxylic acid groups (broad SMARTS) is 1. The summed E-state index contributed by atoms with van der Waals surface area (Å²) >= 11 is 1.53. The first-order chi connectivity index (χ1) is 9.66. The Kier molecular flexibility index (Phi) is 3.11. The summed E-state index contributed by atoms with van der Waals surface area (Å²) in [6.07, 6.45) is 1.69. The molecular weight excluding hydrogens is 276 g/mol. The molecular formula is C13H12N4O2S. The number of carbonyl (C=O) groups is 1. The van der Waals surface area contributed by atoms with Crippen molar-refractivity contribution in [3.05, 3.63) is 46.2 Å². The van der Waals surface area contributed by atoms with Gasteiger partial charge < -0.3 is 10.4 Å². The van der Waals surface area contributed by atoms with Crippen molar-refractivity contribution in [2.75, 3.05) is 5.32 Å². The number of aromatic nitrogens is 3. The van der Waals surface area contributed by atoms with E-state index in [0.717, 1.165) is 10.6 Å². The molecule has 0 bridgehead atoms. The minimum atomic E-state index is -1.01. The topological polar surface area (TPSA) is 79.5 Å². The van der Waals surface area contributed by atoms with Gasteiger partial charge >= 0.3 is 5.97 Å². The van der Waals surface area contributed by atoms with Gasteiger partial charge in [-0.15, -0.1) is 11.3 Å². The summed E-state index contributed by atoms with van der Waals surface area (Å²) in [6, 6.07) is 5.37. The lowest BCUT2D eigenvalue weighted by molar-refractivity contribution is 0.0690. The Morgan fingerprint density at radius 3 is 3.05 bits per heavy atom. The lowest BCUT2D eigenvalue weighted by atomic mass is 10.3. The molecule has 0 aromatic carbocycles. The number of aromatic carboxylic acids is 1. The highest BCUT2D eigenvalue weighted by Gasteiger charge is 2.18. The highest BCUT2D eigenvalue weighted by Crippen LogP contribution is 2.20. The van der Waals surface area contributed by atoms with Crippen LogP contribution >= 0.6 is 11.3 Å². The molecule has 3 aromatic rings. The van der Waals surface area contributed by atoms with Crippen LogP contribution in [0.3, 0.4) is 0 Å². The van der Waals surface area contributed by atoms with Crippen LogP contribution in [0.15, 0.2) is 29.9 Å². The van der Waals surface area contributed by atoms with Gasteiger partial charge in [0, 0.05) is 11.1 Å². The smallest absolute Gasteiger partial charge is 0.356 e. The predicted molar refractivity (Wildman–Crippen MR) is 76.3 cm³/mol. The molecule has 0 unspecified atom stereocenters. The fourth-order valence-corrected chi connectivity index (χ4v) is 2.70. The first kappa shape index (κ1) is 12.6. The molecule has 0 amide bonds. The third kappa shape index (κ3) is 2.12. The SMILES string of the molecule is Cc1ncsc1CNc1nc2ccccn2c1C(=O)O. The van der Waals surface area contributed by atoms with E-state index in [2.05, 4.69) is 15.3 Å². The van der Waals surface area contributed by atoms with Gasteiger partial charge in [-0.3, -0.25) is 4.40 Å². The number of aryl methyl sites for hydroxylation is 1. The van der Waals surface area contributed by atoms with Gasteiger partial charge in [0.15, 0.2) is 11.5 Å². The molecule has 7 heteroatoms. The van der Waals surface area contributed by atoms with Crippen molar-refractivity contribution >= 4 is 28.8 Å². The minimum Gasteiger partial charge on any atom is -0.476 e. The average molecular weight is 288 g/mol. The van der Waals surface area contributed by atoms with E-state index in [1.54, 1.807) is 28.2 Å². The Morgan fingerprint density at radius 2 is 2.35 bits per heavy atom. The summed E-state index contributed by atoms with van der Waals surface area (Å²) < 4.78 is 1.56. The quantitative estimate of drug-likeness (QED) is 0.770. The van der Waals surface area contributed by atoms with Crippen LogP contribution in [0.25, 0.3) is 5.65 Å². The molecule has 0 spiro atoms. The molecule has 0 aliphatic carbocycles. The number of carboxylic acids is 1. The number of thiazole rings is 1. The molecule has 0 aliphatic rings. The minimum absolute atomic E-state index is 0.141. The summed E-state index contributed by atoms with van der Waals surface area (Å²) in [6.45, 7) is 2.44. The third-order valence-corrected chi connectivity index (χ3v) is 3.93. The second-order valence-electron chi connectivity index (χ2n) is 4.26. The van der Waals surface area contributed by atoms with Crippen molar-refractivity contribution in [3.63, 3.8) is 0 Å². The van der Waals surface area contributed by atoms with Gasteiger partial charge in [0.1, 0.15) is 5.65 Å². The van der Waals surface area contributed by atoms with E-state index in [9.17, 15) is 9.90 Å². The zero-order valence-electron chi connectivity index (χ0n) is 10.7. The van der Waals surface area contributed by atoms with E-state index in [0.29, 0.717) is 18.0 Å². The zero-order valence-corrected chi connectivity index (χ0v) is 11.5. The number of hydrogen-bond acceptors (Lipinski definition) is 5. The maximum Gasteiger partial charge on any atom is 0.356 e.